The molecule has 0 saturated carbocycles. The van der Waals surface area contributed by atoms with E-state index in [0.29, 0.717) is 42.2 Å². The second-order valence-electron chi connectivity index (χ2n) is 7.74. The van der Waals surface area contributed by atoms with Crippen molar-refractivity contribution in [2.45, 2.75) is 32.8 Å². The lowest BCUT2D eigenvalue weighted by Crippen LogP contribution is -2.40. The molecule has 1 atom stereocenters. The molecule has 1 unspecified atom stereocenters. The summed E-state index contributed by atoms with van der Waals surface area (Å²) in [7, 11) is 1.54. The van der Waals surface area contributed by atoms with Crippen LogP contribution < -0.4 is 0 Å². The van der Waals surface area contributed by atoms with Gasteiger partial charge in [0, 0.05) is 25.9 Å². The number of rotatable bonds is 7. The van der Waals surface area contributed by atoms with Crippen molar-refractivity contribution in [1.29, 1.82) is 0 Å². The van der Waals surface area contributed by atoms with Crippen molar-refractivity contribution in [2.75, 3.05) is 33.4 Å². The number of aromatic amines is 1. The van der Waals surface area contributed by atoms with Gasteiger partial charge in [0.25, 0.3) is 5.91 Å². The summed E-state index contributed by atoms with van der Waals surface area (Å²) in [5.74, 6) is -0.463. The fourth-order valence-corrected chi connectivity index (χ4v) is 4.06. The number of aliphatic hydroxyl groups excluding tert-OH is 1. The van der Waals surface area contributed by atoms with Crippen LogP contribution >= 0.6 is 0 Å². The van der Waals surface area contributed by atoms with E-state index >= 15 is 0 Å². The summed E-state index contributed by atoms with van der Waals surface area (Å²) < 4.78 is 10.1. The van der Waals surface area contributed by atoms with E-state index in [9.17, 15) is 14.7 Å². The zero-order valence-corrected chi connectivity index (χ0v) is 17.8. The molecule has 7 nitrogen and oxygen atoms in total. The molecule has 1 amide bonds. The third-order valence-electron chi connectivity index (χ3n) is 5.79. The minimum atomic E-state index is -0.522. The zero-order chi connectivity index (χ0) is 21.7. The molecule has 162 valence electrons. The van der Waals surface area contributed by atoms with Crippen LogP contribution in [0.3, 0.4) is 0 Å². The monoisotopic (exact) mass is 414 g/mol. The van der Waals surface area contributed by atoms with E-state index in [4.69, 9.17) is 9.47 Å². The number of hydrogen-bond donors (Lipinski definition) is 2. The quantitative estimate of drug-likeness (QED) is 0.537. The number of H-pyrrole nitrogens is 1. The van der Waals surface area contributed by atoms with Crippen LogP contribution in [-0.4, -0.2) is 60.3 Å². The number of esters is 1. The molecule has 2 N–H and O–H groups in total. The molecule has 1 aliphatic heterocycles. The molecule has 1 aromatic carbocycles. The van der Waals surface area contributed by atoms with Gasteiger partial charge in [0.15, 0.2) is 0 Å². The molecular weight excluding hydrogens is 384 g/mol. The molecule has 1 fully saturated rings. The van der Waals surface area contributed by atoms with Gasteiger partial charge in [-0.1, -0.05) is 30.3 Å². The van der Waals surface area contributed by atoms with Gasteiger partial charge in [-0.05, 0) is 43.7 Å². The van der Waals surface area contributed by atoms with Gasteiger partial charge in [-0.15, -0.1) is 0 Å². The average molecular weight is 415 g/mol. The molecule has 0 spiro atoms. The maximum atomic E-state index is 13.1. The van der Waals surface area contributed by atoms with Crippen LogP contribution in [0.5, 0.6) is 0 Å². The lowest BCUT2D eigenvalue weighted by atomic mass is 9.87. The van der Waals surface area contributed by atoms with Gasteiger partial charge in [0.05, 0.1) is 18.3 Å². The first-order valence-electron chi connectivity index (χ1n) is 10.3. The number of nitrogens with zero attached hydrogens (tertiary/aromatic N) is 1. The second-order valence-corrected chi connectivity index (χ2v) is 7.74. The normalized spacial score (nSPS) is 15.8. The predicted molar refractivity (Wildman–Crippen MR) is 112 cm³/mol. The van der Waals surface area contributed by atoms with E-state index in [1.54, 1.807) is 25.9 Å². The zero-order valence-electron chi connectivity index (χ0n) is 17.8. The van der Waals surface area contributed by atoms with Crippen LogP contribution in [0.4, 0.5) is 0 Å². The highest BCUT2D eigenvalue weighted by atomic mass is 16.6. The first kappa shape index (κ1) is 22.1. The number of methoxy groups -OCH3 is 1. The highest BCUT2D eigenvalue weighted by Gasteiger charge is 2.31. The SMILES string of the molecule is COCCOC(=O)c1c(C)[nH]c(C(=O)N2CCC(C(O)c3ccccc3)CC2)c1C. The van der Waals surface area contributed by atoms with E-state index < -0.39 is 12.1 Å². The molecule has 7 heteroatoms. The highest BCUT2D eigenvalue weighted by Crippen LogP contribution is 2.31. The fraction of sp³-hybridized carbons (Fsp3) is 0.478. The summed E-state index contributed by atoms with van der Waals surface area (Å²) in [6, 6.07) is 9.64. The van der Waals surface area contributed by atoms with E-state index in [-0.39, 0.29) is 18.4 Å². The van der Waals surface area contributed by atoms with Crippen molar-refractivity contribution in [1.82, 2.24) is 9.88 Å². The summed E-state index contributed by atoms with van der Waals surface area (Å²) in [6.07, 6.45) is 0.935. The molecule has 2 aromatic rings. The number of aromatic nitrogens is 1. The van der Waals surface area contributed by atoms with Crippen LogP contribution in [0, 0.1) is 19.8 Å². The number of benzene rings is 1. The molecule has 3 rings (SSSR count). The number of aliphatic hydroxyl groups is 1. The van der Waals surface area contributed by atoms with Crippen LogP contribution in [0.2, 0.25) is 0 Å². The van der Waals surface area contributed by atoms with Gasteiger partial charge in [-0.3, -0.25) is 4.79 Å². The predicted octanol–water partition coefficient (Wildman–Crippen LogP) is 3.02. The molecule has 1 aromatic heterocycles. The smallest absolute Gasteiger partial charge is 0.340 e. The Morgan fingerprint density at radius 1 is 1.17 bits per heavy atom. The number of ether oxygens (including phenoxy) is 2. The first-order chi connectivity index (χ1) is 14.4. The number of likely N-dealkylation sites (tertiary alicyclic amines) is 1. The Morgan fingerprint density at radius 3 is 2.47 bits per heavy atom. The van der Waals surface area contributed by atoms with Crippen LogP contribution in [0.25, 0.3) is 0 Å². The number of carbonyl (C=O) groups excluding carboxylic acids is 2. The fourth-order valence-electron chi connectivity index (χ4n) is 4.06. The Bertz CT molecular complexity index is 869. The number of aryl methyl sites for hydroxylation is 1. The Hall–Kier alpha value is -2.64. The van der Waals surface area contributed by atoms with Crippen molar-refractivity contribution >= 4 is 11.9 Å². The van der Waals surface area contributed by atoms with Crippen LogP contribution in [-0.2, 0) is 9.47 Å². The molecule has 0 radical (unpaired) electrons. The summed E-state index contributed by atoms with van der Waals surface area (Å²) in [5.41, 5.74) is 2.96. The largest absolute Gasteiger partial charge is 0.460 e. The van der Waals surface area contributed by atoms with Crippen molar-refractivity contribution in [3.63, 3.8) is 0 Å². The molecular formula is C23H30N2O5. The first-order valence-corrected chi connectivity index (χ1v) is 10.3. The Morgan fingerprint density at radius 2 is 1.83 bits per heavy atom. The minimum absolute atomic E-state index is 0.120. The Labute approximate surface area is 177 Å². The number of carbonyl (C=O) groups is 2. The number of hydrogen-bond acceptors (Lipinski definition) is 5. The maximum absolute atomic E-state index is 13.1. The molecule has 2 heterocycles. The molecule has 0 aliphatic carbocycles. The van der Waals surface area contributed by atoms with E-state index in [1.807, 2.05) is 30.3 Å². The molecule has 1 aliphatic rings. The number of piperidine rings is 1. The van der Waals surface area contributed by atoms with Gasteiger partial charge in [0.2, 0.25) is 0 Å². The van der Waals surface area contributed by atoms with E-state index in [1.165, 1.54) is 0 Å². The molecule has 0 bridgehead atoms. The standard InChI is InChI=1S/C23H30N2O5/c1-15-19(23(28)30-14-13-29-3)16(2)24-20(15)22(27)25-11-9-18(10-12-25)21(26)17-7-5-4-6-8-17/h4-8,18,21,24,26H,9-14H2,1-3H3. The van der Waals surface area contributed by atoms with Crippen molar-refractivity contribution in [3.8, 4) is 0 Å². The number of amides is 1. The molecule has 30 heavy (non-hydrogen) atoms. The minimum Gasteiger partial charge on any atom is -0.460 e. The maximum Gasteiger partial charge on any atom is 0.340 e. The summed E-state index contributed by atoms with van der Waals surface area (Å²) in [5, 5.41) is 10.7. The van der Waals surface area contributed by atoms with Gasteiger partial charge >= 0.3 is 5.97 Å². The Balaban J connectivity index is 1.64. The van der Waals surface area contributed by atoms with Crippen LogP contribution in [0.1, 0.15) is 56.6 Å². The van der Waals surface area contributed by atoms with Gasteiger partial charge in [-0.25, -0.2) is 4.79 Å². The topological polar surface area (TPSA) is 91.9 Å². The van der Waals surface area contributed by atoms with Crippen molar-refractivity contribution in [3.05, 3.63) is 58.4 Å². The van der Waals surface area contributed by atoms with Crippen molar-refractivity contribution < 1.29 is 24.2 Å². The summed E-state index contributed by atoms with van der Waals surface area (Å²) >= 11 is 0. The lowest BCUT2D eigenvalue weighted by molar-refractivity contribution is 0.0386. The lowest BCUT2D eigenvalue weighted by Gasteiger charge is -2.34. The Kier molecular flexibility index (Phi) is 7.29. The molecule has 1 saturated heterocycles. The van der Waals surface area contributed by atoms with Crippen molar-refractivity contribution in [2.24, 2.45) is 5.92 Å². The second kappa shape index (κ2) is 9.91. The number of nitrogens with one attached hydrogen (secondary N) is 1. The third kappa shape index (κ3) is 4.74. The van der Waals surface area contributed by atoms with Gasteiger partial charge in [0.1, 0.15) is 12.3 Å². The van der Waals surface area contributed by atoms with Gasteiger partial charge in [-0.2, -0.15) is 0 Å². The highest BCUT2D eigenvalue weighted by molar-refractivity contribution is 6.00. The van der Waals surface area contributed by atoms with Gasteiger partial charge < -0.3 is 24.5 Å². The summed E-state index contributed by atoms with van der Waals surface area (Å²) in [6.45, 7) is 5.15. The third-order valence-corrected chi connectivity index (χ3v) is 5.79. The van der Waals surface area contributed by atoms with E-state index in [2.05, 4.69) is 4.98 Å². The van der Waals surface area contributed by atoms with Crippen LogP contribution in [0.15, 0.2) is 30.3 Å². The average Bonchev–Trinajstić information content (AvgIpc) is 3.07. The summed E-state index contributed by atoms with van der Waals surface area (Å²) in [4.78, 5) is 30.3. The van der Waals surface area contributed by atoms with E-state index in [0.717, 1.165) is 18.4 Å².